The van der Waals surface area contributed by atoms with Crippen LogP contribution in [-0.2, 0) is 0 Å². The van der Waals surface area contributed by atoms with Gasteiger partial charge in [-0.1, -0.05) is 103 Å². The second-order valence-corrected chi connectivity index (χ2v) is 9.34. The molecule has 3 fully saturated rings. The van der Waals surface area contributed by atoms with E-state index >= 15 is 0 Å². The van der Waals surface area contributed by atoms with Crippen LogP contribution in [0.3, 0.4) is 0 Å². The van der Waals surface area contributed by atoms with E-state index in [1.807, 2.05) is 0 Å². The van der Waals surface area contributed by atoms with Gasteiger partial charge in [0.25, 0.3) is 0 Å². The van der Waals surface area contributed by atoms with Gasteiger partial charge in [-0.3, -0.25) is 0 Å². The molecule has 3 aliphatic rings. The van der Waals surface area contributed by atoms with Crippen molar-refractivity contribution in [3.05, 3.63) is 0 Å². The molecule has 25 heavy (non-hydrogen) atoms. The molecule has 0 saturated heterocycles. The summed E-state index contributed by atoms with van der Waals surface area (Å²) in [7, 11) is 0. The molecule has 0 nitrogen and oxygen atoms in total. The molecular weight excluding hydrogens is 294 g/mol. The van der Waals surface area contributed by atoms with E-state index in [2.05, 4.69) is 18.7 Å². The molecule has 0 spiro atoms. The summed E-state index contributed by atoms with van der Waals surface area (Å²) in [5, 5.41) is 0. The van der Waals surface area contributed by atoms with Gasteiger partial charge in [-0.05, 0) is 6.42 Å². The van der Waals surface area contributed by atoms with Gasteiger partial charge in [-0.2, -0.15) is 23.4 Å². The average molecular weight is 334 g/mol. The topological polar surface area (TPSA) is 0 Å². The summed E-state index contributed by atoms with van der Waals surface area (Å²) in [6.45, 7) is 2.31. The first-order valence-corrected chi connectivity index (χ1v) is 11.5. The Morgan fingerprint density at radius 3 is 1.52 bits per heavy atom. The summed E-state index contributed by atoms with van der Waals surface area (Å²) in [4.78, 5) is 0. The third kappa shape index (κ3) is 5.14. The van der Waals surface area contributed by atoms with Crippen molar-refractivity contribution in [3.63, 3.8) is 0 Å². The van der Waals surface area contributed by atoms with E-state index in [1.165, 1.54) is 109 Å². The smallest absolute Gasteiger partial charge is 0.314 e. The van der Waals surface area contributed by atoms with Crippen LogP contribution >= 0.6 is 0 Å². The summed E-state index contributed by atoms with van der Waals surface area (Å²) < 4.78 is 0. The SMILES string of the molecule is CCCCCCC#C[B-](C1CCCC1)(C1CCCC1)C1CCCC1.[Li+]. The number of unbranched alkanes of at least 4 members (excludes halogenated alkanes) is 4. The van der Waals surface area contributed by atoms with E-state index in [0.29, 0.717) is 0 Å². The Hall–Kier alpha value is 0.222. The minimum atomic E-state index is -0.408. The first-order valence-electron chi connectivity index (χ1n) is 11.5. The Bertz CT molecular complexity index is 376. The van der Waals surface area contributed by atoms with Crippen molar-refractivity contribution >= 4 is 6.15 Å². The molecule has 0 radical (unpaired) electrons. The van der Waals surface area contributed by atoms with Crippen LogP contribution in [0.25, 0.3) is 0 Å². The van der Waals surface area contributed by atoms with Gasteiger partial charge in [0.1, 0.15) is 0 Å². The van der Waals surface area contributed by atoms with Crippen LogP contribution in [0.5, 0.6) is 0 Å². The number of hydrogen-bond donors (Lipinski definition) is 0. The summed E-state index contributed by atoms with van der Waals surface area (Å²) in [6.07, 6.45) is 24.3. The Morgan fingerprint density at radius 1 is 0.680 bits per heavy atom. The fourth-order valence-corrected chi connectivity index (χ4v) is 6.92. The van der Waals surface area contributed by atoms with Gasteiger partial charge in [-0.25, -0.2) is 0 Å². The molecule has 0 aliphatic heterocycles. The van der Waals surface area contributed by atoms with Gasteiger partial charge in [-0.15, -0.1) is 0 Å². The average Bonchev–Trinajstić information content (AvgIpc) is 3.37. The first-order chi connectivity index (χ1) is 11.9. The largest absolute Gasteiger partial charge is 1.00 e. The van der Waals surface area contributed by atoms with Gasteiger partial charge in [0.2, 0.25) is 0 Å². The van der Waals surface area contributed by atoms with Gasteiger partial charge in [0.05, 0.1) is 6.15 Å². The standard InChI is InChI=1S/C23H40B.Li/c1-2-3-4-5-6-13-20-24(21-14-7-8-15-21,22-16-9-10-17-22)23-18-11-12-19-23;/h21-23H,2-12,14-19H2,1H3;/q-1;+1. The second kappa shape index (κ2) is 11.2. The Labute approximate surface area is 170 Å². The van der Waals surface area contributed by atoms with Crippen molar-refractivity contribution in [1.82, 2.24) is 0 Å². The third-order valence-electron chi connectivity index (χ3n) is 8.05. The van der Waals surface area contributed by atoms with Crippen molar-refractivity contribution in [3.8, 4) is 11.7 Å². The van der Waals surface area contributed by atoms with Crippen LogP contribution in [0.2, 0.25) is 17.5 Å². The maximum absolute atomic E-state index is 4.15. The fourth-order valence-electron chi connectivity index (χ4n) is 6.92. The molecule has 3 aliphatic carbocycles. The van der Waals surface area contributed by atoms with Gasteiger partial charge < -0.3 is 5.82 Å². The fraction of sp³-hybridized carbons (Fsp3) is 0.913. The molecule has 0 atom stereocenters. The van der Waals surface area contributed by atoms with Crippen molar-refractivity contribution in [2.24, 2.45) is 0 Å². The summed E-state index contributed by atoms with van der Waals surface area (Å²) in [5.41, 5.74) is 0. The molecular formula is C23H40BLi. The molecule has 0 aromatic heterocycles. The van der Waals surface area contributed by atoms with E-state index in [9.17, 15) is 0 Å². The van der Waals surface area contributed by atoms with E-state index in [-0.39, 0.29) is 18.9 Å². The summed E-state index contributed by atoms with van der Waals surface area (Å²) >= 11 is 0. The van der Waals surface area contributed by atoms with Crippen LogP contribution in [0.4, 0.5) is 0 Å². The van der Waals surface area contributed by atoms with Crippen LogP contribution in [0, 0.1) is 11.7 Å². The van der Waals surface area contributed by atoms with Crippen LogP contribution in [0.15, 0.2) is 0 Å². The zero-order valence-corrected chi connectivity index (χ0v) is 17.3. The van der Waals surface area contributed by atoms with Crippen molar-refractivity contribution in [2.75, 3.05) is 0 Å². The molecule has 0 N–H and O–H groups in total. The Kier molecular flexibility index (Phi) is 9.60. The van der Waals surface area contributed by atoms with E-state index in [1.54, 1.807) is 0 Å². The normalized spacial score (nSPS) is 22.8. The van der Waals surface area contributed by atoms with E-state index in [0.717, 1.165) is 17.5 Å². The van der Waals surface area contributed by atoms with Crippen molar-refractivity contribution < 1.29 is 18.9 Å². The summed E-state index contributed by atoms with van der Waals surface area (Å²) in [6, 6.07) is 0. The van der Waals surface area contributed by atoms with Crippen LogP contribution < -0.4 is 18.9 Å². The quantitative estimate of drug-likeness (QED) is 0.357. The Morgan fingerprint density at radius 2 is 1.12 bits per heavy atom. The minimum Gasteiger partial charge on any atom is -0.314 e. The monoisotopic (exact) mass is 334 g/mol. The number of rotatable bonds is 7. The molecule has 3 saturated carbocycles. The third-order valence-corrected chi connectivity index (χ3v) is 8.05. The van der Waals surface area contributed by atoms with Crippen LogP contribution in [0.1, 0.15) is 116 Å². The van der Waals surface area contributed by atoms with Crippen molar-refractivity contribution in [2.45, 2.75) is 134 Å². The predicted octanol–water partition coefficient (Wildman–Crippen LogP) is 4.78. The molecule has 0 amide bonds. The summed E-state index contributed by atoms with van der Waals surface area (Å²) in [5.74, 6) is 10.9. The molecule has 0 heterocycles. The van der Waals surface area contributed by atoms with Crippen LogP contribution in [-0.4, -0.2) is 6.15 Å². The molecule has 136 valence electrons. The molecule has 0 unspecified atom stereocenters. The molecule has 2 heteroatoms. The first kappa shape index (κ1) is 21.5. The molecule has 0 aromatic rings. The predicted molar refractivity (Wildman–Crippen MR) is 109 cm³/mol. The molecule has 3 rings (SSSR count). The maximum Gasteiger partial charge on any atom is 1.00 e. The van der Waals surface area contributed by atoms with E-state index < -0.39 is 6.15 Å². The zero-order valence-electron chi connectivity index (χ0n) is 17.3. The maximum atomic E-state index is 4.15. The Balaban J connectivity index is 0.00000225. The van der Waals surface area contributed by atoms with Gasteiger partial charge in [0.15, 0.2) is 0 Å². The number of hydrogen-bond acceptors (Lipinski definition) is 0. The molecule has 0 bridgehead atoms. The minimum absolute atomic E-state index is 0. The van der Waals surface area contributed by atoms with Gasteiger partial charge in [0, 0.05) is 6.42 Å². The zero-order chi connectivity index (χ0) is 16.7. The molecule has 0 aromatic carbocycles. The van der Waals surface area contributed by atoms with Gasteiger partial charge >= 0.3 is 18.9 Å². The van der Waals surface area contributed by atoms with E-state index in [4.69, 9.17) is 0 Å². The van der Waals surface area contributed by atoms with Crippen molar-refractivity contribution in [1.29, 1.82) is 0 Å². The second-order valence-electron chi connectivity index (χ2n) is 9.34.